The number of hydrogen-bond acceptors (Lipinski definition) is 2. The van der Waals surface area contributed by atoms with Gasteiger partial charge in [-0.25, -0.2) is 4.98 Å². The number of aromatic nitrogens is 1. The molecule has 1 heterocycles. The fraction of sp³-hybridized carbons (Fsp3) is 0.583. The molecule has 1 saturated carbocycles. The van der Waals surface area contributed by atoms with E-state index >= 15 is 0 Å². The van der Waals surface area contributed by atoms with Gasteiger partial charge in [0.15, 0.2) is 0 Å². The van der Waals surface area contributed by atoms with E-state index in [2.05, 4.69) is 31.1 Å². The number of anilines is 1. The van der Waals surface area contributed by atoms with Crippen LogP contribution in [0.15, 0.2) is 12.3 Å². The van der Waals surface area contributed by atoms with Crippen LogP contribution >= 0.6 is 11.6 Å². The Balaban J connectivity index is 2.31. The van der Waals surface area contributed by atoms with E-state index in [4.69, 9.17) is 11.6 Å². The molecule has 0 aromatic carbocycles. The monoisotopic (exact) mass is 224 g/mol. The van der Waals surface area contributed by atoms with E-state index in [-0.39, 0.29) is 5.41 Å². The highest BCUT2D eigenvalue weighted by molar-refractivity contribution is 6.33. The molecule has 0 aliphatic heterocycles. The van der Waals surface area contributed by atoms with Crippen LogP contribution in [0.5, 0.6) is 0 Å². The van der Waals surface area contributed by atoms with Gasteiger partial charge in [-0.15, -0.1) is 0 Å². The van der Waals surface area contributed by atoms with Gasteiger partial charge < -0.3 is 5.32 Å². The predicted molar refractivity (Wildman–Crippen MR) is 64.6 cm³/mol. The summed E-state index contributed by atoms with van der Waals surface area (Å²) in [5.41, 5.74) is 1.22. The average Bonchev–Trinajstić information content (AvgIpc) is 2.90. The van der Waals surface area contributed by atoms with Crippen LogP contribution in [0, 0.1) is 0 Å². The van der Waals surface area contributed by atoms with Crippen molar-refractivity contribution in [3.05, 3.63) is 22.8 Å². The van der Waals surface area contributed by atoms with E-state index in [0.717, 1.165) is 16.4 Å². The highest BCUT2D eigenvalue weighted by atomic mass is 35.5. The fourth-order valence-corrected chi connectivity index (χ4v) is 1.99. The molecule has 2 nitrogen and oxygen atoms in total. The van der Waals surface area contributed by atoms with E-state index in [9.17, 15) is 0 Å². The van der Waals surface area contributed by atoms with Crippen LogP contribution in [0.3, 0.4) is 0 Å². The lowest BCUT2D eigenvalue weighted by molar-refractivity contribution is 0.590. The second-order valence-electron chi connectivity index (χ2n) is 5.19. The molecule has 1 N–H and O–H groups in total. The topological polar surface area (TPSA) is 24.9 Å². The zero-order valence-electron chi connectivity index (χ0n) is 9.47. The van der Waals surface area contributed by atoms with Gasteiger partial charge in [-0.1, -0.05) is 32.4 Å². The molecule has 0 saturated heterocycles. The Hall–Kier alpha value is -0.760. The molecule has 0 spiro atoms. The van der Waals surface area contributed by atoms with Crippen LogP contribution in [0.2, 0.25) is 5.02 Å². The molecule has 1 aliphatic carbocycles. The van der Waals surface area contributed by atoms with E-state index in [0.29, 0.717) is 6.04 Å². The number of hydrogen-bond donors (Lipinski definition) is 1. The van der Waals surface area contributed by atoms with Crippen LogP contribution in [-0.4, -0.2) is 11.0 Å². The maximum atomic E-state index is 6.34. The average molecular weight is 225 g/mol. The summed E-state index contributed by atoms with van der Waals surface area (Å²) < 4.78 is 0. The van der Waals surface area contributed by atoms with Crippen LogP contribution in [0.25, 0.3) is 0 Å². The number of nitrogens with zero attached hydrogens (tertiary/aromatic N) is 1. The minimum absolute atomic E-state index is 0.0694. The van der Waals surface area contributed by atoms with Crippen molar-refractivity contribution >= 4 is 17.4 Å². The van der Waals surface area contributed by atoms with Crippen molar-refractivity contribution in [2.24, 2.45) is 0 Å². The first-order chi connectivity index (χ1) is 6.98. The normalized spacial score (nSPS) is 16.5. The molecule has 0 amide bonds. The Morgan fingerprint density at radius 2 is 2.07 bits per heavy atom. The lowest BCUT2D eigenvalue weighted by Crippen LogP contribution is -2.14. The summed E-state index contributed by atoms with van der Waals surface area (Å²) in [6, 6.07) is 2.59. The lowest BCUT2D eigenvalue weighted by atomic mass is 9.87. The summed E-state index contributed by atoms with van der Waals surface area (Å²) in [6.07, 6.45) is 4.30. The zero-order chi connectivity index (χ0) is 11.1. The van der Waals surface area contributed by atoms with Crippen LogP contribution in [0.4, 0.5) is 5.82 Å². The van der Waals surface area contributed by atoms with Gasteiger partial charge in [0.2, 0.25) is 0 Å². The van der Waals surface area contributed by atoms with Crippen molar-refractivity contribution in [2.45, 2.75) is 45.1 Å². The Bertz CT molecular complexity index is 364. The van der Waals surface area contributed by atoms with Crippen molar-refractivity contribution in [3.8, 4) is 0 Å². The molecular weight excluding hydrogens is 208 g/mol. The van der Waals surface area contributed by atoms with Gasteiger partial charge >= 0.3 is 0 Å². The Morgan fingerprint density at radius 1 is 1.40 bits per heavy atom. The molecule has 0 radical (unpaired) electrons. The molecule has 0 bridgehead atoms. The maximum absolute atomic E-state index is 6.34. The standard InChI is InChI=1S/C12H17ClN2/c1-12(2,3)9-6-7-14-11(10(9)13)15-8-4-5-8/h6-8H,4-5H2,1-3H3,(H,14,15). The van der Waals surface area contributed by atoms with Gasteiger partial charge in [0.05, 0.1) is 5.02 Å². The molecule has 0 unspecified atom stereocenters. The van der Waals surface area contributed by atoms with Crippen molar-refractivity contribution in [1.29, 1.82) is 0 Å². The van der Waals surface area contributed by atoms with Crippen molar-refractivity contribution in [1.82, 2.24) is 4.98 Å². The molecule has 15 heavy (non-hydrogen) atoms. The zero-order valence-corrected chi connectivity index (χ0v) is 10.2. The first-order valence-corrected chi connectivity index (χ1v) is 5.78. The minimum atomic E-state index is 0.0694. The van der Waals surface area contributed by atoms with Crippen molar-refractivity contribution in [3.63, 3.8) is 0 Å². The van der Waals surface area contributed by atoms with Crippen LogP contribution < -0.4 is 5.32 Å². The van der Waals surface area contributed by atoms with E-state index in [1.165, 1.54) is 12.8 Å². The fourth-order valence-electron chi connectivity index (χ4n) is 1.54. The smallest absolute Gasteiger partial charge is 0.145 e. The second-order valence-corrected chi connectivity index (χ2v) is 5.57. The third-order valence-electron chi connectivity index (χ3n) is 2.62. The first-order valence-electron chi connectivity index (χ1n) is 5.40. The van der Waals surface area contributed by atoms with Crippen molar-refractivity contribution < 1.29 is 0 Å². The number of nitrogens with one attached hydrogen (secondary N) is 1. The van der Waals surface area contributed by atoms with Gasteiger partial charge in [0.25, 0.3) is 0 Å². The van der Waals surface area contributed by atoms with Gasteiger partial charge in [-0.3, -0.25) is 0 Å². The van der Waals surface area contributed by atoms with Gasteiger partial charge in [0, 0.05) is 12.2 Å². The van der Waals surface area contributed by atoms with Gasteiger partial charge in [-0.05, 0) is 29.9 Å². The minimum Gasteiger partial charge on any atom is -0.366 e. The quantitative estimate of drug-likeness (QED) is 0.830. The van der Waals surface area contributed by atoms with Crippen LogP contribution in [-0.2, 0) is 5.41 Å². The predicted octanol–water partition coefficient (Wildman–Crippen LogP) is 3.61. The molecule has 82 valence electrons. The summed E-state index contributed by atoms with van der Waals surface area (Å²) in [6.45, 7) is 6.49. The summed E-state index contributed by atoms with van der Waals surface area (Å²) in [5, 5.41) is 4.13. The van der Waals surface area contributed by atoms with Crippen LogP contribution in [0.1, 0.15) is 39.2 Å². The molecule has 0 atom stereocenters. The lowest BCUT2D eigenvalue weighted by Gasteiger charge is -2.21. The largest absolute Gasteiger partial charge is 0.366 e. The van der Waals surface area contributed by atoms with Gasteiger partial charge in [-0.2, -0.15) is 0 Å². The molecule has 1 aromatic heterocycles. The van der Waals surface area contributed by atoms with Gasteiger partial charge in [0.1, 0.15) is 5.82 Å². The summed E-state index contributed by atoms with van der Waals surface area (Å²) in [4.78, 5) is 4.29. The van der Waals surface area contributed by atoms with Crippen molar-refractivity contribution in [2.75, 3.05) is 5.32 Å². The highest BCUT2D eigenvalue weighted by Gasteiger charge is 2.25. The Kier molecular flexibility index (Phi) is 2.63. The molecule has 1 fully saturated rings. The first kappa shape index (κ1) is 10.7. The summed E-state index contributed by atoms with van der Waals surface area (Å²) >= 11 is 6.34. The van der Waals surface area contributed by atoms with E-state index in [1.54, 1.807) is 0 Å². The number of halogens is 1. The molecule has 1 aliphatic rings. The second kappa shape index (κ2) is 3.67. The SMILES string of the molecule is CC(C)(C)c1ccnc(NC2CC2)c1Cl. The van der Waals surface area contributed by atoms with E-state index in [1.807, 2.05) is 12.3 Å². The third-order valence-corrected chi connectivity index (χ3v) is 3.00. The Labute approximate surface area is 96.1 Å². The third kappa shape index (κ3) is 2.43. The molecule has 3 heteroatoms. The summed E-state index contributed by atoms with van der Waals surface area (Å²) in [5.74, 6) is 0.839. The molecule has 2 rings (SSSR count). The molecular formula is C12H17ClN2. The Morgan fingerprint density at radius 3 is 2.60 bits per heavy atom. The summed E-state index contributed by atoms with van der Waals surface area (Å²) in [7, 11) is 0. The maximum Gasteiger partial charge on any atom is 0.145 e. The van der Waals surface area contributed by atoms with E-state index < -0.39 is 0 Å². The molecule has 1 aromatic rings. The number of pyridine rings is 1. The number of rotatable bonds is 2. The highest BCUT2D eigenvalue weighted by Crippen LogP contribution is 2.35.